The summed E-state index contributed by atoms with van der Waals surface area (Å²) in [6.07, 6.45) is 3.33. The van der Waals surface area contributed by atoms with Crippen LogP contribution in [0.3, 0.4) is 0 Å². The average molecular weight is 350 g/mol. The number of carbonyl (C=O) groups excluding carboxylic acids is 2. The lowest BCUT2D eigenvalue weighted by molar-refractivity contribution is -0.129. The third kappa shape index (κ3) is 4.76. The summed E-state index contributed by atoms with van der Waals surface area (Å²) in [6.45, 7) is 2.32. The van der Waals surface area contributed by atoms with Crippen LogP contribution in [0.1, 0.15) is 22.8 Å². The number of nitrogens with one attached hydrogen (secondary N) is 1. The van der Waals surface area contributed by atoms with Gasteiger partial charge in [0, 0.05) is 39.0 Å². The molecule has 126 valence electrons. The summed E-state index contributed by atoms with van der Waals surface area (Å²) in [5.41, 5.74) is 0.692. The van der Waals surface area contributed by atoms with E-state index in [0.29, 0.717) is 13.1 Å². The van der Waals surface area contributed by atoms with E-state index in [1.54, 1.807) is 23.4 Å². The van der Waals surface area contributed by atoms with Crippen molar-refractivity contribution in [3.63, 3.8) is 0 Å². The Morgan fingerprint density at radius 2 is 2.08 bits per heavy atom. The Morgan fingerprint density at radius 1 is 1.29 bits per heavy atom. The van der Waals surface area contributed by atoms with Crippen LogP contribution in [0.5, 0.6) is 0 Å². The van der Waals surface area contributed by atoms with Crippen molar-refractivity contribution in [3.05, 3.63) is 64.7 Å². The number of pyridine rings is 1. The van der Waals surface area contributed by atoms with Crippen LogP contribution in [0.4, 0.5) is 4.39 Å². The first-order chi connectivity index (χ1) is 11.5. The topological polar surface area (TPSA) is 62.3 Å². The molecule has 0 saturated heterocycles. The molecule has 2 amide bonds. The number of halogens is 2. The Balaban J connectivity index is 1.93. The molecular formula is C17H17ClFN3O2. The molecule has 1 heterocycles. The molecule has 0 aliphatic heterocycles. The van der Waals surface area contributed by atoms with Crippen molar-refractivity contribution >= 4 is 23.4 Å². The first-order valence-electron chi connectivity index (χ1n) is 7.35. The van der Waals surface area contributed by atoms with Gasteiger partial charge in [0.2, 0.25) is 5.91 Å². The standard InChI is InChI=1S/C17H17ClFN3O2/c1-12(23)22(11-13-4-3-7-20-10-13)9-8-21-17(24)16-14(18)5-2-6-15(16)19/h2-7,10H,8-9,11H2,1H3,(H,21,24). The summed E-state index contributed by atoms with van der Waals surface area (Å²) >= 11 is 5.85. The molecule has 0 saturated carbocycles. The van der Waals surface area contributed by atoms with Crippen LogP contribution in [0.2, 0.25) is 5.02 Å². The highest BCUT2D eigenvalue weighted by molar-refractivity contribution is 6.33. The fourth-order valence-electron chi connectivity index (χ4n) is 2.17. The van der Waals surface area contributed by atoms with Crippen molar-refractivity contribution in [1.29, 1.82) is 0 Å². The minimum Gasteiger partial charge on any atom is -0.350 e. The van der Waals surface area contributed by atoms with Gasteiger partial charge in [-0.3, -0.25) is 14.6 Å². The predicted molar refractivity (Wildman–Crippen MR) is 89.1 cm³/mol. The molecule has 0 radical (unpaired) electrons. The highest BCUT2D eigenvalue weighted by Crippen LogP contribution is 2.18. The maximum atomic E-state index is 13.7. The van der Waals surface area contributed by atoms with Crippen molar-refractivity contribution in [2.75, 3.05) is 13.1 Å². The van der Waals surface area contributed by atoms with Crippen molar-refractivity contribution in [3.8, 4) is 0 Å². The second-order valence-electron chi connectivity index (χ2n) is 5.15. The number of carbonyl (C=O) groups is 2. The number of amides is 2. The number of benzene rings is 1. The third-order valence-corrected chi connectivity index (χ3v) is 3.71. The number of nitrogens with zero attached hydrogens (tertiary/aromatic N) is 2. The number of aromatic nitrogens is 1. The Labute approximate surface area is 144 Å². The highest BCUT2D eigenvalue weighted by atomic mass is 35.5. The maximum absolute atomic E-state index is 13.7. The zero-order chi connectivity index (χ0) is 17.5. The zero-order valence-electron chi connectivity index (χ0n) is 13.1. The molecule has 0 atom stereocenters. The van der Waals surface area contributed by atoms with Crippen molar-refractivity contribution in [2.45, 2.75) is 13.5 Å². The molecule has 5 nitrogen and oxygen atoms in total. The molecule has 0 aliphatic carbocycles. The molecule has 1 N–H and O–H groups in total. The van der Waals surface area contributed by atoms with Crippen molar-refractivity contribution in [2.24, 2.45) is 0 Å². The van der Waals surface area contributed by atoms with Gasteiger partial charge in [0.1, 0.15) is 5.82 Å². The Hall–Kier alpha value is -2.47. The molecule has 24 heavy (non-hydrogen) atoms. The van der Waals surface area contributed by atoms with Gasteiger partial charge in [0.05, 0.1) is 10.6 Å². The average Bonchev–Trinajstić information content (AvgIpc) is 2.54. The predicted octanol–water partition coefficient (Wildman–Crippen LogP) is 2.65. The van der Waals surface area contributed by atoms with Crippen LogP contribution in [-0.2, 0) is 11.3 Å². The molecule has 1 aromatic carbocycles. The Morgan fingerprint density at radius 3 is 2.71 bits per heavy atom. The largest absolute Gasteiger partial charge is 0.350 e. The minimum atomic E-state index is -0.682. The second kappa shape index (κ2) is 8.40. The van der Waals surface area contributed by atoms with Crippen LogP contribution in [-0.4, -0.2) is 34.8 Å². The van der Waals surface area contributed by atoms with Gasteiger partial charge in [-0.25, -0.2) is 4.39 Å². The van der Waals surface area contributed by atoms with E-state index < -0.39 is 11.7 Å². The summed E-state index contributed by atoms with van der Waals surface area (Å²) in [4.78, 5) is 29.3. The van der Waals surface area contributed by atoms with E-state index in [9.17, 15) is 14.0 Å². The first-order valence-corrected chi connectivity index (χ1v) is 7.73. The molecule has 1 aromatic heterocycles. The van der Waals surface area contributed by atoms with Crippen LogP contribution in [0.15, 0.2) is 42.7 Å². The van der Waals surface area contributed by atoms with Crippen LogP contribution < -0.4 is 5.32 Å². The fraction of sp³-hybridized carbons (Fsp3) is 0.235. The normalized spacial score (nSPS) is 10.3. The molecular weight excluding hydrogens is 333 g/mol. The van der Waals surface area contributed by atoms with Gasteiger partial charge in [0.15, 0.2) is 0 Å². The van der Waals surface area contributed by atoms with Gasteiger partial charge >= 0.3 is 0 Å². The number of rotatable bonds is 6. The van der Waals surface area contributed by atoms with E-state index in [1.807, 2.05) is 6.07 Å². The van der Waals surface area contributed by atoms with E-state index in [-0.39, 0.29) is 23.0 Å². The molecule has 7 heteroatoms. The van der Waals surface area contributed by atoms with E-state index in [2.05, 4.69) is 10.3 Å². The summed E-state index contributed by atoms with van der Waals surface area (Å²) in [5.74, 6) is -1.42. The molecule has 2 rings (SSSR count). The molecule has 2 aromatic rings. The first kappa shape index (κ1) is 17.9. The van der Waals surface area contributed by atoms with Crippen LogP contribution in [0, 0.1) is 5.82 Å². The fourth-order valence-corrected chi connectivity index (χ4v) is 2.42. The SMILES string of the molecule is CC(=O)N(CCNC(=O)c1c(F)cccc1Cl)Cc1cccnc1. The summed E-state index contributed by atoms with van der Waals surface area (Å²) in [7, 11) is 0. The molecule has 0 bridgehead atoms. The minimum absolute atomic E-state index is 0.0475. The maximum Gasteiger partial charge on any atom is 0.255 e. The molecule has 0 spiro atoms. The molecule has 0 fully saturated rings. The lowest BCUT2D eigenvalue weighted by Gasteiger charge is -2.21. The van der Waals surface area contributed by atoms with Crippen molar-refractivity contribution in [1.82, 2.24) is 15.2 Å². The molecule has 0 aliphatic rings. The van der Waals surface area contributed by atoms with Gasteiger partial charge in [0.25, 0.3) is 5.91 Å². The van der Waals surface area contributed by atoms with E-state index in [4.69, 9.17) is 11.6 Å². The summed E-state index contributed by atoms with van der Waals surface area (Å²) < 4.78 is 13.7. The summed E-state index contributed by atoms with van der Waals surface area (Å²) in [5, 5.41) is 2.63. The smallest absolute Gasteiger partial charge is 0.255 e. The monoisotopic (exact) mass is 349 g/mol. The van der Waals surface area contributed by atoms with Gasteiger partial charge in [-0.05, 0) is 23.8 Å². The highest BCUT2D eigenvalue weighted by Gasteiger charge is 2.16. The Bertz CT molecular complexity index is 705. The lowest BCUT2D eigenvalue weighted by Crippen LogP contribution is -2.37. The van der Waals surface area contributed by atoms with Crippen LogP contribution in [0.25, 0.3) is 0 Å². The van der Waals surface area contributed by atoms with Gasteiger partial charge in [-0.2, -0.15) is 0 Å². The zero-order valence-corrected chi connectivity index (χ0v) is 13.9. The van der Waals surface area contributed by atoms with Crippen LogP contribution >= 0.6 is 11.6 Å². The third-order valence-electron chi connectivity index (χ3n) is 3.40. The lowest BCUT2D eigenvalue weighted by atomic mass is 10.2. The van der Waals surface area contributed by atoms with Crippen molar-refractivity contribution < 1.29 is 14.0 Å². The van der Waals surface area contributed by atoms with E-state index >= 15 is 0 Å². The van der Waals surface area contributed by atoms with E-state index in [0.717, 1.165) is 5.56 Å². The van der Waals surface area contributed by atoms with Gasteiger partial charge in [-0.1, -0.05) is 23.7 Å². The summed E-state index contributed by atoms with van der Waals surface area (Å²) in [6, 6.07) is 7.70. The Kier molecular flexibility index (Phi) is 6.26. The number of hydrogen-bond acceptors (Lipinski definition) is 3. The van der Waals surface area contributed by atoms with Gasteiger partial charge < -0.3 is 10.2 Å². The molecule has 0 unspecified atom stereocenters. The quantitative estimate of drug-likeness (QED) is 0.872. The van der Waals surface area contributed by atoms with Gasteiger partial charge in [-0.15, -0.1) is 0 Å². The number of hydrogen-bond donors (Lipinski definition) is 1. The second-order valence-corrected chi connectivity index (χ2v) is 5.56. The van der Waals surface area contributed by atoms with E-state index in [1.165, 1.54) is 25.1 Å².